The van der Waals surface area contributed by atoms with E-state index in [1.54, 1.807) is 13.8 Å². The van der Waals surface area contributed by atoms with Crippen LogP contribution in [0, 0.1) is 0 Å². The van der Waals surface area contributed by atoms with Crippen molar-refractivity contribution >= 4 is 33.1 Å². The number of carboxylic acid groups (broad SMARTS) is 1. The van der Waals surface area contributed by atoms with Crippen molar-refractivity contribution in [2.75, 3.05) is 18.6 Å². The Hall–Kier alpha value is -1.41. The van der Waals surface area contributed by atoms with Gasteiger partial charge >= 0.3 is 5.97 Å². The third-order valence-corrected chi connectivity index (χ3v) is 4.85. The fourth-order valence-electron chi connectivity index (χ4n) is 1.89. The fraction of sp³-hybridized carbons (Fsp3) is 0.500. The first-order valence-corrected chi connectivity index (χ1v) is 8.85. The van der Waals surface area contributed by atoms with Crippen LogP contribution < -0.4 is 0 Å². The van der Waals surface area contributed by atoms with Gasteiger partial charge in [-0.3, -0.25) is 4.79 Å². The molecule has 1 N–H and O–H groups in total. The van der Waals surface area contributed by atoms with Gasteiger partial charge in [0, 0.05) is 18.8 Å². The molecule has 1 aromatic heterocycles. The number of hydrogen-bond donors (Lipinski definition) is 1. The largest absolute Gasteiger partial charge is 0.477 e. The molecule has 6 nitrogen and oxygen atoms in total. The van der Waals surface area contributed by atoms with Crippen LogP contribution in [0.25, 0.3) is 0 Å². The smallest absolute Gasteiger partial charge is 0.345 e. The molecule has 0 radical (unpaired) electrons. The molecule has 0 spiro atoms. The molecule has 0 aliphatic heterocycles. The Labute approximate surface area is 121 Å². The fourth-order valence-corrected chi connectivity index (χ4v) is 3.75. The van der Waals surface area contributed by atoms with Gasteiger partial charge in [-0.1, -0.05) is 0 Å². The lowest BCUT2D eigenvalue weighted by atomic mass is 10.3. The van der Waals surface area contributed by atoms with Gasteiger partial charge in [-0.15, -0.1) is 11.3 Å². The number of carboxylic acids is 1. The van der Waals surface area contributed by atoms with Crippen molar-refractivity contribution in [3.63, 3.8) is 0 Å². The number of sulfone groups is 1. The molecule has 1 aromatic rings. The summed E-state index contributed by atoms with van der Waals surface area (Å²) in [6.07, 6.45) is 1.12. The maximum Gasteiger partial charge on any atom is 0.345 e. The molecule has 1 atom stereocenters. The number of nitrogens with zero attached hydrogens (tertiary/aromatic N) is 1. The van der Waals surface area contributed by atoms with Gasteiger partial charge < -0.3 is 10.0 Å². The zero-order valence-corrected chi connectivity index (χ0v) is 13.1. The van der Waals surface area contributed by atoms with E-state index in [2.05, 4.69) is 0 Å². The van der Waals surface area contributed by atoms with Crippen molar-refractivity contribution < 1.29 is 23.1 Å². The molecule has 0 aliphatic rings. The highest BCUT2D eigenvalue weighted by molar-refractivity contribution is 7.90. The van der Waals surface area contributed by atoms with E-state index in [0.29, 0.717) is 11.4 Å². The second-order valence-corrected chi connectivity index (χ2v) is 7.77. The van der Waals surface area contributed by atoms with E-state index in [-0.39, 0.29) is 16.5 Å². The summed E-state index contributed by atoms with van der Waals surface area (Å²) in [5, 5.41) is 8.84. The third-order valence-electron chi connectivity index (χ3n) is 2.71. The van der Waals surface area contributed by atoms with Crippen LogP contribution in [-0.2, 0) is 9.84 Å². The molecule has 0 aromatic carbocycles. The van der Waals surface area contributed by atoms with E-state index < -0.39 is 21.8 Å². The predicted octanol–water partition coefficient (Wildman–Crippen LogP) is 1.34. The molecule has 1 amide bonds. The molecule has 8 heteroatoms. The van der Waals surface area contributed by atoms with Gasteiger partial charge in [0.25, 0.3) is 5.91 Å². The van der Waals surface area contributed by atoms with Crippen LogP contribution in [0.4, 0.5) is 0 Å². The lowest BCUT2D eigenvalue weighted by molar-refractivity contribution is 0.0699. The molecule has 112 valence electrons. The maximum absolute atomic E-state index is 12.3. The van der Waals surface area contributed by atoms with Crippen LogP contribution in [0.15, 0.2) is 12.1 Å². The number of carbonyl (C=O) groups is 2. The van der Waals surface area contributed by atoms with Gasteiger partial charge in [-0.25, -0.2) is 13.2 Å². The number of hydrogen-bond acceptors (Lipinski definition) is 5. The molecule has 1 rings (SSSR count). The average Bonchev–Trinajstić information content (AvgIpc) is 2.76. The van der Waals surface area contributed by atoms with Gasteiger partial charge in [-0.2, -0.15) is 0 Å². The number of carbonyl (C=O) groups excluding carboxylic acids is 1. The molecule has 0 saturated heterocycles. The average molecular weight is 319 g/mol. The summed E-state index contributed by atoms with van der Waals surface area (Å²) in [7, 11) is -3.19. The lowest BCUT2D eigenvalue weighted by Gasteiger charge is -2.27. The molecular weight excluding hydrogens is 302 g/mol. The Bertz CT molecular complexity index is 605. The van der Waals surface area contributed by atoms with E-state index in [1.165, 1.54) is 17.0 Å². The summed E-state index contributed by atoms with van der Waals surface area (Å²) in [6, 6.07) is 2.36. The molecule has 0 aliphatic carbocycles. The van der Waals surface area contributed by atoms with E-state index in [0.717, 1.165) is 17.6 Å². The molecular formula is C12H17NO5S2. The third kappa shape index (κ3) is 4.31. The van der Waals surface area contributed by atoms with Crippen molar-refractivity contribution in [3.8, 4) is 0 Å². The summed E-state index contributed by atoms with van der Waals surface area (Å²) in [4.78, 5) is 24.9. The van der Waals surface area contributed by atoms with Gasteiger partial charge in [0.2, 0.25) is 0 Å². The van der Waals surface area contributed by atoms with Gasteiger partial charge in [0.15, 0.2) is 0 Å². The number of amides is 1. The Morgan fingerprint density at radius 3 is 2.30 bits per heavy atom. The van der Waals surface area contributed by atoms with E-state index in [1.807, 2.05) is 0 Å². The van der Waals surface area contributed by atoms with Crippen LogP contribution >= 0.6 is 11.3 Å². The first-order valence-electron chi connectivity index (χ1n) is 5.97. The number of aromatic carboxylic acids is 1. The van der Waals surface area contributed by atoms with Crippen molar-refractivity contribution in [2.24, 2.45) is 0 Å². The summed E-state index contributed by atoms with van der Waals surface area (Å²) in [5.74, 6) is -1.55. The van der Waals surface area contributed by atoms with Crippen LogP contribution in [0.5, 0.6) is 0 Å². The van der Waals surface area contributed by atoms with Crippen LogP contribution in [0.2, 0.25) is 0 Å². The SMILES string of the molecule is CCN(C(=O)c1ccc(C(=O)O)s1)C(C)CS(C)(=O)=O. The van der Waals surface area contributed by atoms with Crippen LogP contribution in [0.1, 0.15) is 33.2 Å². The van der Waals surface area contributed by atoms with Crippen molar-refractivity contribution in [1.29, 1.82) is 0 Å². The minimum Gasteiger partial charge on any atom is -0.477 e. The van der Waals surface area contributed by atoms with Crippen LogP contribution in [0.3, 0.4) is 0 Å². The first kappa shape index (κ1) is 16.6. The van der Waals surface area contributed by atoms with Crippen molar-refractivity contribution in [2.45, 2.75) is 19.9 Å². The minimum atomic E-state index is -3.19. The maximum atomic E-state index is 12.3. The van der Waals surface area contributed by atoms with Crippen molar-refractivity contribution in [3.05, 3.63) is 21.9 Å². The van der Waals surface area contributed by atoms with Gasteiger partial charge in [0.05, 0.1) is 10.6 Å². The zero-order chi connectivity index (χ0) is 15.5. The Morgan fingerprint density at radius 2 is 1.90 bits per heavy atom. The second kappa shape index (κ2) is 6.36. The van der Waals surface area contributed by atoms with E-state index in [9.17, 15) is 18.0 Å². The zero-order valence-electron chi connectivity index (χ0n) is 11.5. The topological polar surface area (TPSA) is 91.8 Å². The molecule has 0 fully saturated rings. The van der Waals surface area contributed by atoms with E-state index >= 15 is 0 Å². The molecule has 1 heterocycles. The highest BCUT2D eigenvalue weighted by Crippen LogP contribution is 2.19. The highest BCUT2D eigenvalue weighted by atomic mass is 32.2. The number of thiophene rings is 1. The monoisotopic (exact) mass is 319 g/mol. The first-order chi connectivity index (χ1) is 9.15. The summed E-state index contributed by atoms with van der Waals surface area (Å²) < 4.78 is 22.6. The molecule has 1 unspecified atom stereocenters. The number of rotatable bonds is 6. The molecule has 0 saturated carbocycles. The summed E-state index contributed by atoms with van der Waals surface area (Å²) in [6.45, 7) is 3.77. The minimum absolute atomic E-state index is 0.0835. The normalized spacial score (nSPS) is 12.9. The molecule has 20 heavy (non-hydrogen) atoms. The lowest BCUT2D eigenvalue weighted by Crippen LogP contribution is -2.41. The molecule has 0 bridgehead atoms. The Balaban J connectivity index is 2.93. The van der Waals surface area contributed by atoms with Gasteiger partial charge in [-0.05, 0) is 26.0 Å². The quantitative estimate of drug-likeness (QED) is 0.854. The van der Waals surface area contributed by atoms with Crippen molar-refractivity contribution in [1.82, 2.24) is 4.90 Å². The van der Waals surface area contributed by atoms with E-state index in [4.69, 9.17) is 5.11 Å². The second-order valence-electron chi connectivity index (χ2n) is 4.50. The predicted molar refractivity (Wildman–Crippen MR) is 77.2 cm³/mol. The Morgan fingerprint density at radius 1 is 1.35 bits per heavy atom. The van der Waals surface area contributed by atoms with Gasteiger partial charge in [0.1, 0.15) is 14.7 Å². The Kier molecular flexibility index (Phi) is 5.29. The summed E-state index contributed by atoms with van der Waals surface area (Å²) in [5.41, 5.74) is 0. The highest BCUT2D eigenvalue weighted by Gasteiger charge is 2.24. The van der Waals surface area contributed by atoms with Crippen LogP contribution in [-0.4, -0.2) is 54.9 Å². The summed E-state index contributed by atoms with van der Waals surface area (Å²) >= 11 is 0.888. The standard InChI is InChI=1S/C12H17NO5S2/c1-4-13(8(2)7-20(3,17)18)11(14)9-5-6-10(19-9)12(15)16/h5-6,8H,4,7H2,1-3H3,(H,15,16).